The summed E-state index contributed by atoms with van der Waals surface area (Å²) in [5.74, 6) is -0.866. The molecule has 3 aromatic carbocycles. The minimum atomic E-state index is -0.516. The van der Waals surface area contributed by atoms with E-state index in [9.17, 15) is 19.2 Å². The molecule has 3 aromatic rings. The Kier molecular flexibility index (Phi) is 11.6. The number of unbranched alkanes of at least 4 members (excludes halogenated alkanes) is 3. The van der Waals surface area contributed by atoms with Crippen molar-refractivity contribution in [2.45, 2.75) is 78.4 Å². The summed E-state index contributed by atoms with van der Waals surface area (Å²) in [6, 6.07) is 19.9. The first-order chi connectivity index (χ1) is 21.6. The van der Waals surface area contributed by atoms with Gasteiger partial charge in [0.25, 0.3) is 5.91 Å². The SMILES string of the molecule is CCOC(=O)CCN1CC(=O)N(Cc2cccc3ccccc23)c2ccc(CCCCCCNC(=O)OC(C)(C)C)cc2C1=O. The summed E-state index contributed by atoms with van der Waals surface area (Å²) in [5.41, 5.74) is 2.53. The molecule has 1 aliphatic heterocycles. The fraction of sp³-hybridized carbons (Fsp3) is 0.444. The molecule has 0 radical (unpaired) electrons. The van der Waals surface area contributed by atoms with Crippen molar-refractivity contribution in [3.8, 4) is 0 Å². The maximum Gasteiger partial charge on any atom is 0.407 e. The predicted molar refractivity (Wildman–Crippen MR) is 175 cm³/mol. The van der Waals surface area contributed by atoms with Crippen molar-refractivity contribution in [2.75, 3.05) is 31.1 Å². The molecule has 0 saturated carbocycles. The Balaban J connectivity index is 1.47. The Morgan fingerprint density at radius 1 is 0.933 bits per heavy atom. The average molecular weight is 616 g/mol. The summed E-state index contributed by atoms with van der Waals surface area (Å²) < 4.78 is 10.3. The monoisotopic (exact) mass is 615 g/mol. The number of hydrogen-bond acceptors (Lipinski definition) is 6. The molecule has 3 amide bonds. The lowest BCUT2D eigenvalue weighted by molar-refractivity contribution is -0.143. The van der Waals surface area contributed by atoms with Crippen LogP contribution in [-0.4, -0.2) is 60.6 Å². The van der Waals surface area contributed by atoms with Crippen molar-refractivity contribution in [3.63, 3.8) is 0 Å². The van der Waals surface area contributed by atoms with E-state index in [1.54, 1.807) is 11.8 Å². The molecule has 0 aromatic heterocycles. The minimum absolute atomic E-state index is 0.0218. The van der Waals surface area contributed by atoms with Gasteiger partial charge in [-0.1, -0.05) is 61.4 Å². The van der Waals surface area contributed by atoms with Crippen LogP contribution in [0.3, 0.4) is 0 Å². The molecule has 0 saturated heterocycles. The lowest BCUT2D eigenvalue weighted by Gasteiger charge is -2.24. The topological polar surface area (TPSA) is 105 Å². The highest BCUT2D eigenvalue weighted by atomic mass is 16.6. The van der Waals surface area contributed by atoms with Crippen LogP contribution in [0.15, 0.2) is 60.7 Å². The minimum Gasteiger partial charge on any atom is -0.466 e. The van der Waals surface area contributed by atoms with Gasteiger partial charge in [-0.25, -0.2) is 4.79 Å². The molecule has 0 aliphatic carbocycles. The van der Waals surface area contributed by atoms with E-state index >= 15 is 0 Å². The van der Waals surface area contributed by atoms with Crippen LogP contribution in [0.2, 0.25) is 0 Å². The van der Waals surface area contributed by atoms with Crippen molar-refractivity contribution in [2.24, 2.45) is 0 Å². The molecule has 4 rings (SSSR count). The van der Waals surface area contributed by atoms with Crippen LogP contribution in [-0.2, 0) is 32.0 Å². The molecular weight excluding hydrogens is 570 g/mol. The molecule has 1 heterocycles. The summed E-state index contributed by atoms with van der Waals surface area (Å²) >= 11 is 0. The van der Waals surface area contributed by atoms with Crippen molar-refractivity contribution < 1.29 is 28.7 Å². The molecule has 1 N–H and O–H groups in total. The molecule has 0 fully saturated rings. The highest BCUT2D eigenvalue weighted by Gasteiger charge is 2.32. The number of ether oxygens (including phenoxy) is 2. The zero-order chi connectivity index (χ0) is 32.4. The Morgan fingerprint density at radius 2 is 1.69 bits per heavy atom. The molecule has 0 atom stereocenters. The molecule has 0 bridgehead atoms. The van der Waals surface area contributed by atoms with Gasteiger partial charge in [0.05, 0.1) is 30.8 Å². The van der Waals surface area contributed by atoms with Crippen molar-refractivity contribution in [1.29, 1.82) is 0 Å². The number of benzene rings is 3. The highest BCUT2D eigenvalue weighted by molar-refractivity contribution is 6.10. The lowest BCUT2D eigenvalue weighted by Crippen LogP contribution is -2.40. The number of fused-ring (bicyclic) bond motifs is 2. The number of rotatable bonds is 13. The fourth-order valence-corrected chi connectivity index (χ4v) is 5.50. The van der Waals surface area contributed by atoms with Gasteiger partial charge in [-0.15, -0.1) is 0 Å². The highest BCUT2D eigenvalue weighted by Crippen LogP contribution is 2.31. The van der Waals surface area contributed by atoms with Crippen LogP contribution >= 0.6 is 0 Å². The summed E-state index contributed by atoms with van der Waals surface area (Å²) in [5, 5.41) is 4.93. The predicted octanol–water partition coefficient (Wildman–Crippen LogP) is 6.41. The average Bonchev–Trinajstić information content (AvgIpc) is 3.09. The van der Waals surface area contributed by atoms with Gasteiger partial charge in [0.2, 0.25) is 5.91 Å². The maximum atomic E-state index is 13.9. The zero-order valence-electron chi connectivity index (χ0n) is 26.9. The first kappa shape index (κ1) is 33.5. The van der Waals surface area contributed by atoms with Crippen molar-refractivity contribution in [3.05, 3.63) is 77.4 Å². The zero-order valence-corrected chi connectivity index (χ0v) is 26.9. The van der Waals surface area contributed by atoms with Crippen LogP contribution in [0, 0.1) is 0 Å². The number of carbonyl (C=O) groups excluding carboxylic acids is 4. The molecule has 45 heavy (non-hydrogen) atoms. The smallest absolute Gasteiger partial charge is 0.407 e. The molecule has 9 nitrogen and oxygen atoms in total. The number of amides is 3. The number of nitrogens with zero attached hydrogens (tertiary/aromatic N) is 2. The second-order valence-corrected chi connectivity index (χ2v) is 12.3. The molecule has 1 aliphatic rings. The quantitative estimate of drug-likeness (QED) is 0.176. The standard InChI is InChI=1S/C36H45N3O6/c1-5-44-33(41)20-22-38-25-32(40)39(24-28-16-12-15-27-14-9-10-17-29(27)28)31-19-18-26(23-30(31)34(38)42)13-8-6-7-11-21-37-35(43)45-36(2,3)4/h9-10,12,14-19,23H,5-8,11,13,20-22,24-25H2,1-4H3,(H,37,43). The number of esters is 1. The third-order valence-corrected chi connectivity index (χ3v) is 7.66. The third-order valence-electron chi connectivity index (χ3n) is 7.66. The normalized spacial score (nSPS) is 13.4. The van der Waals surface area contributed by atoms with E-state index in [1.165, 1.54) is 4.90 Å². The summed E-state index contributed by atoms with van der Waals surface area (Å²) in [6.45, 7) is 8.38. The van der Waals surface area contributed by atoms with E-state index < -0.39 is 17.7 Å². The van der Waals surface area contributed by atoms with Crippen molar-refractivity contribution >= 4 is 40.3 Å². The van der Waals surface area contributed by atoms with E-state index in [-0.39, 0.29) is 37.9 Å². The van der Waals surface area contributed by atoms with Gasteiger partial charge in [-0.2, -0.15) is 0 Å². The molecule has 0 spiro atoms. The van der Waals surface area contributed by atoms with Crippen LogP contribution in [0.1, 0.15) is 81.3 Å². The van der Waals surface area contributed by atoms with Gasteiger partial charge in [-0.3, -0.25) is 14.4 Å². The molecule has 9 heteroatoms. The Morgan fingerprint density at radius 3 is 2.47 bits per heavy atom. The largest absolute Gasteiger partial charge is 0.466 e. The second kappa shape index (κ2) is 15.5. The second-order valence-electron chi connectivity index (χ2n) is 12.3. The Bertz CT molecular complexity index is 1510. The van der Waals surface area contributed by atoms with Crippen LogP contribution < -0.4 is 10.2 Å². The summed E-state index contributed by atoms with van der Waals surface area (Å²) in [7, 11) is 0. The molecule has 240 valence electrons. The number of aryl methyl sites for hydroxylation is 1. The van der Waals surface area contributed by atoms with Gasteiger partial charge < -0.3 is 24.6 Å². The maximum absolute atomic E-state index is 13.9. The number of hydrogen-bond donors (Lipinski definition) is 1. The fourth-order valence-electron chi connectivity index (χ4n) is 5.50. The summed E-state index contributed by atoms with van der Waals surface area (Å²) in [6.07, 6.45) is 4.09. The Labute approximate surface area is 265 Å². The van der Waals surface area contributed by atoms with Gasteiger partial charge in [0.15, 0.2) is 0 Å². The molecular formula is C36H45N3O6. The van der Waals surface area contributed by atoms with Gasteiger partial charge in [-0.05, 0) is 81.0 Å². The van der Waals surface area contributed by atoms with Gasteiger partial charge in [0.1, 0.15) is 12.1 Å². The van der Waals surface area contributed by atoms with Crippen LogP contribution in [0.5, 0.6) is 0 Å². The van der Waals surface area contributed by atoms with E-state index in [0.717, 1.165) is 54.0 Å². The van der Waals surface area contributed by atoms with E-state index in [2.05, 4.69) is 5.32 Å². The third kappa shape index (κ3) is 9.54. The van der Waals surface area contributed by atoms with Crippen LogP contribution in [0.4, 0.5) is 10.5 Å². The summed E-state index contributed by atoms with van der Waals surface area (Å²) in [4.78, 5) is 54.7. The first-order valence-electron chi connectivity index (χ1n) is 15.9. The number of anilines is 1. The first-order valence-corrected chi connectivity index (χ1v) is 15.9. The number of nitrogens with one attached hydrogen (secondary N) is 1. The van der Waals surface area contributed by atoms with E-state index in [0.29, 0.717) is 24.3 Å². The Hall–Kier alpha value is -4.40. The van der Waals surface area contributed by atoms with E-state index in [1.807, 2.05) is 81.4 Å². The van der Waals surface area contributed by atoms with E-state index in [4.69, 9.17) is 9.47 Å². The number of alkyl carbamates (subject to hydrolysis) is 1. The number of carbonyl (C=O) groups is 4. The van der Waals surface area contributed by atoms with Crippen LogP contribution in [0.25, 0.3) is 10.8 Å². The van der Waals surface area contributed by atoms with Gasteiger partial charge >= 0.3 is 12.1 Å². The molecule has 0 unspecified atom stereocenters. The lowest BCUT2D eigenvalue weighted by atomic mass is 10.0. The van der Waals surface area contributed by atoms with Gasteiger partial charge in [0, 0.05) is 13.1 Å². The van der Waals surface area contributed by atoms with Crippen molar-refractivity contribution in [1.82, 2.24) is 10.2 Å².